The van der Waals surface area contributed by atoms with E-state index in [0.717, 1.165) is 27.8 Å². The molecular weight excluding hydrogens is 626 g/mol. The van der Waals surface area contributed by atoms with E-state index < -0.39 is 12.1 Å². The second-order valence-electron chi connectivity index (χ2n) is 12.1. The first-order valence-corrected chi connectivity index (χ1v) is 16.1. The molecule has 3 heterocycles. The van der Waals surface area contributed by atoms with Gasteiger partial charge < -0.3 is 39.6 Å². The zero-order chi connectivity index (χ0) is 34.5. The fraction of sp³-hybridized carbons (Fsp3) is 0.289. The number of carbonyl (C=O) groups is 3. The van der Waals surface area contributed by atoms with E-state index in [9.17, 15) is 19.5 Å². The van der Waals surface area contributed by atoms with E-state index in [0.29, 0.717) is 35.0 Å². The molecule has 3 aliphatic heterocycles. The second kappa shape index (κ2) is 14.6. The third-order valence-corrected chi connectivity index (χ3v) is 8.82. The summed E-state index contributed by atoms with van der Waals surface area (Å²) in [5.41, 5.74) is 4.76. The fourth-order valence-corrected chi connectivity index (χ4v) is 6.08. The number of rotatable bonds is 5. The van der Waals surface area contributed by atoms with Crippen molar-refractivity contribution in [1.29, 1.82) is 0 Å². The van der Waals surface area contributed by atoms with Crippen LogP contribution in [0.25, 0.3) is 11.1 Å². The molecule has 2 atom stereocenters. The zero-order valence-electron chi connectivity index (χ0n) is 27.7. The lowest BCUT2D eigenvalue weighted by Crippen LogP contribution is -2.45. The summed E-state index contributed by atoms with van der Waals surface area (Å²) in [4.78, 5) is 41.7. The summed E-state index contributed by atoms with van der Waals surface area (Å²) < 4.78 is 23.1. The number of phenolic OH excluding ortho intramolecular Hbond substituents is 1. The highest BCUT2D eigenvalue weighted by Crippen LogP contribution is 2.32. The first-order valence-electron chi connectivity index (χ1n) is 16.1. The van der Waals surface area contributed by atoms with E-state index >= 15 is 0 Å². The van der Waals surface area contributed by atoms with E-state index in [2.05, 4.69) is 10.6 Å². The largest absolute Gasteiger partial charge is 0.504 e. The Morgan fingerprint density at radius 1 is 0.939 bits per heavy atom. The molecule has 0 spiro atoms. The summed E-state index contributed by atoms with van der Waals surface area (Å²) in [5, 5.41) is 16.0. The summed E-state index contributed by atoms with van der Waals surface area (Å²) in [6.07, 6.45) is 0.0823. The van der Waals surface area contributed by atoms with Crippen LogP contribution in [0.2, 0.25) is 0 Å². The molecule has 0 aromatic heterocycles. The van der Waals surface area contributed by atoms with Gasteiger partial charge in [0, 0.05) is 25.1 Å². The molecule has 11 heteroatoms. The summed E-state index contributed by atoms with van der Waals surface area (Å²) in [7, 11) is 3.01. The summed E-state index contributed by atoms with van der Waals surface area (Å²) in [5.74, 6) is 1.13. The van der Waals surface area contributed by atoms with Gasteiger partial charge in [-0.3, -0.25) is 14.4 Å². The Hall–Kier alpha value is -5.71. The Morgan fingerprint density at radius 2 is 1.78 bits per heavy atom. The lowest BCUT2D eigenvalue weighted by Gasteiger charge is -2.23. The molecule has 4 aromatic rings. The van der Waals surface area contributed by atoms with Gasteiger partial charge in [-0.05, 0) is 89.7 Å². The van der Waals surface area contributed by atoms with Crippen LogP contribution in [-0.2, 0) is 22.6 Å². The van der Waals surface area contributed by atoms with Crippen LogP contribution in [0.5, 0.6) is 28.7 Å². The first kappa shape index (κ1) is 33.2. The van der Waals surface area contributed by atoms with Crippen LogP contribution in [-0.4, -0.2) is 73.8 Å². The van der Waals surface area contributed by atoms with E-state index in [4.69, 9.17) is 18.9 Å². The minimum absolute atomic E-state index is 0.0332. The molecule has 254 valence electrons. The standard InChI is InChI=1S/C38H39N3O8/c1-23-7-11-27-18-29(23)26-5-4-6-28(17-26)48-22-36(43)39-19-25-9-13-32(34(16-25)47-3)49-35-21-41(20-30(35)40-38(27)45)37(44)14-10-24-8-12-31(42)33(15-24)46-2/h4-9,11-13,15-18,30,35,42H,10,14,19-22H2,1-3H3,(H,39,43)(H,40,45)/t30-,35-/m0/s1. The van der Waals surface area contributed by atoms with Crippen LogP contribution < -0.4 is 29.6 Å². The maximum Gasteiger partial charge on any atom is 0.258 e. The van der Waals surface area contributed by atoms with Crippen LogP contribution in [0.3, 0.4) is 0 Å². The van der Waals surface area contributed by atoms with Crippen molar-refractivity contribution in [1.82, 2.24) is 15.5 Å². The van der Waals surface area contributed by atoms with Crippen LogP contribution in [0, 0.1) is 6.92 Å². The van der Waals surface area contributed by atoms with Gasteiger partial charge in [0.25, 0.3) is 11.8 Å². The molecule has 0 saturated carbocycles. The zero-order valence-corrected chi connectivity index (χ0v) is 27.7. The molecular formula is C38H39N3O8. The highest BCUT2D eigenvalue weighted by atomic mass is 16.5. The molecule has 6 bridgehead atoms. The maximum absolute atomic E-state index is 13.8. The molecule has 49 heavy (non-hydrogen) atoms. The molecule has 0 unspecified atom stereocenters. The number of methoxy groups -OCH3 is 2. The van der Waals surface area contributed by atoms with Gasteiger partial charge in [-0.25, -0.2) is 0 Å². The third kappa shape index (κ3) is 7.72. The summed E-state index contributed by atoms with van der Waals surface area (Å²) in [6.45, 7) is 2.55. The van der Waals surface area contributed by atoms with Crippen molar-refractivity contribution in [3.05, 3.63) is 101 Å². The summed E-state index contributed by atoms with van der Waals surface area (Å²) in [6, 6.07) is 22.8. The van der Waals surface area contributed by atoms with Gasteiger partial charge in [0.2, 0.25) is 5.91 Å². The van der Waals surface area contributed by atoms with Crippen LogP contribution in [0.1, 0.15) is 33.5 Å². The number of phenols is 1. The highest BCUT2D eigenvalue weighted by molar-refractivity contribution is 5.96. The predicted octanol–water partition coefficient (Wildman–Crippen LogP) is 4.41. The predicted molar refractivity (Wildman–Crippen MR) is 182 cm³/mol. The Balaban J connectivity index is 1.29. The monoisotopic (exact) mass is 665 g/mol. The molecule has 1 saturated heterocycles. The number of nitrogens with zero attached hydrogens (tertiary/aromatic N) is 1. The Labute approximate surface area is 284 Å². The Morgan fingerprint density at radius 3 is 2.59 bits per heavy atom. The highest BCUT2D eigenvalue weighted by Gasteiger charge is 2.38. The topological polar surface area (TPSA) is 136 Å². The SMILES string of the molecule is COc1cc(CCC(=O)N2C[C@@H]3NC(=O)c4ccc(C)c(c4)-c4cccc(c4)OCC(=O)NCc4ccc(c(OC)c4)O[C@H]3C2)ccc1O. The van der Waals surface area contributed by atoms with Crippen molar-refractivity contribution in [3.8, 4) is 39.9 Å². The number of benzene rings is 4. The van der Waals surface area contributed by atoms with Crippen molar-refractivity contribution in [2.45, 2.75) is 38.5 Å². The number of hydrogen-bond donors (Lipinski definition) is 3. The molecule has 0 radical (unpaired) electrons. The van der Waals surface area contributed by atoms with Crippen LogP contribution >= 0.6 is 0 Å². The molecule has 3 amide bonds. The molecule has 3 aliphatic rings. The van der Waals surface area contributed by atoms with Gasteiger partial charge in [0.15, 0.2) is 29.6 Å². The van der Waals surface area contributed by atoms with Gasteiger partial charge in [-0.2, -0.15) is 0 Å². The van der Waals surface area contributed by atoms with Crippen LogP contribution in [0.15, 0.2) is 78.9 Å². The van der Waals surface area contributed by atoms with Crippen molar-refractivity contribution < 1.29 is 38.4 Å². The smallest absolute Gasteiger partial charge is 0.258 e. The first-order chi connectivity index (χ1) is 23.7. The fourth-order valence-electron chi connectivity index (χ4n) is 6.08. The quantitative estimate of drug-likeness (QED) is 0.285. The molecule has 0 aliphatic carbocycles. The van der Waals surface area contributed by atoms with E-state index in [1.807, 2.05) is 43.3 Å². The molecule has 7 rings (SSSR count). The van der Waals surface area contributed by atoms with Crippen molar-refractivity contribution >= 4 is 17.7 Å². The maximum atomic E-state index is 13.8. The van der Waals surface area contributed by atoms with Crippen molar-refractivity contribution in [3.63, 3.8) is 0 Å². The van der Waals surface area contributed by atoms with Gasteiger partial charge in [0.1, 0.15) is 11.9 Å². The Kier molecular flexibility index (Phi) is 9.89. The number of likely N-dealkylation sites (tertiary alicyclic amines) is 1. The van der Waals surface area contributed by atoms with Gasteiger partial charge in [-0.1, -0.05) is 30.3 Å². The number of amides is 3. The number of nitrogens with one attached hydrogen (secondary N) is 2. The number of aromatic hydroxyl groups is 1. The Bertz CT molecular complexity index is 1880. The van der Waals surface area contributed by atoms with Crippen LogP contribution in [0.4, 0.5) is 0 Å². The number of fused-ring (bicyclic) bond motifs is 7. The van der Waals surface area contributed by atoms with E-state index in [1.54, 1.807) is 47.4 Å². The normalized spacial score (nSPS) is 17.6. The van der Waals surface area contributed by atoms with E-state index in [1.165, 1.54) is 14.2 Å². The molecule has 4 aromatic carbocycles. The van der Waals surface area contributed by atoms with Gasteiger partial charge in [0.05, 0.1) is 26.8 Å². The minimum atomic E-state index is -0.578. The van der Waals surface area contributed by atoms with Crippen molar-refractivity contribution in [2.75, 3.05) is 33.9 Å². The third-order valence-electron chi connectivity index (χ3n) is 8.82. The van der Waals surface area contributed by atoms with Crippen molar-refractivity contribution in [2.24, 2.45) is 0 Å². The number of ether oxygens (including phenoxy) is 4. The number of aryl methyl sites for hydroxylation is 2. The molecule has 11 nitrogen and oxygen atoms in total. The van der Waals surface area contributed by atoms with Gasteiger partial charge in [-0.15, -0.1) is 0 Å². The number of hydrogen-bond acceptors (Lipinski definition) is 8. The van der Waals surface area contributed by atoms with E-state index in [-0.39, 0.29) is 56.1 Å². The lowest BCUT2D eigenvalue weighted by molar-refractivity contribution is -0.130. The minimum Gasteiger partial charge on any atom is -0.504 e. The molecule has 3 N–H and O–H groups in total. The number of carbonyl (C=O) groups excluding carboxylic acids is 3. The molecule has 1 fully saturated rings. The summed E-state index contributed by atoms with van der Waals surface area (Å²) >= 11 is 0. The lowest BCUT2D eigenvalue weighted by atomic mass is 9.97. The average molecular weight is 666 g/mol. The van der Waals surface area contributed by atoms with Gasteiger partial charge >= 0.3 is 0 Å². The second-order valence-corrected chi connectivity index (χ2v) is 12.1. The average Bonchev–Trinajstić information content (AvgIpc) is 3.51.